The summed E-state index contributed by atoms with van der Waals surface area (Å²) in [7, 11) is 2.78. The van der Waals surface area contributed by atoms with Crippen LogP contribution in [0.1, 0.15) is 33.1 Å². The van der Waals surface area contributed by atoms with Gasteiger partial charge >= 0.3 is 5.97 Å². The van der Waals surface area contributed by atoms with Crippen molar-refractivity contribution in [1.29, 1.82) is 0 Å². The molecule has 1 fully saturated rings. The SMILES string of the molecule is COC(=O)c1cccc(N2C(=O)C(=O)/C(=C(/O)c3ccc(C)cc3)C2c2cccc(OC)c2)c1. The number of methoxy groups -OCH3 is 2. The van der Waals surface area contributed by atoms with E-state index >= 15 is 0 Å². The molecule has 1 unspecified atom stereocenters. The van der Waals surface area contributed by atoms with Gasteiger partial charge < -0.3 is 14.6 Å². The summed E-state index contributed by atoms with van der Waals surface area (Å²) in [4.78, 5) is 39.9. The van der Waals surface area contributed by atoms with Gasteiger partial charge in [-0.1, -0.05) is 48.0 Å². The predicted molar refractivity (Wildman–Crippen MR) is 127 cm³/mol. The summed E-state index contributed by atoms with van der Waals surface area (Å²) in [5, 5.41) is 11.2. The number of carbonyl (C=O) groups is 3. The molecular weight excluding hydrogens is 434 g/mol. The third-order valence-electron chi connectivity index (χ3n) is 5.72. The number of aliphatic hydroxyl groups is 1. The number of benzene rings is 3. The average Bonchev–Trinajstić information content (AvgIpc) is 3.14. The number of Topliss-reactive ketones (excluding diaryl/α,β-unsaturated/α-hetero) is 1. The number of aliphatic hydroxyl groups excluding tert-OH is 1. The lowest BCUT2D eigenvalue weighted by Crippen LogP contribution is -2.29. The molecule has 1 aliphatic rings. The highest BCUT2D eigenvalue weighted by atomic mass is 16.5. The second kappa shape index (κ2) is 9.23. The molecule has 1 saturated heterocycles. The lowest BCUT2D eigenvalue weighted by molar-refractivity contribution is -0.132. The summed E-state index contributed by atoms with van der Waals surface area (Å²) < 4.78 is 10.1. The summed E-state index contributed by atoms with van der Waals surface area (Å²) in [5.74, 6) is -1.96. The molecule has 7 heteroatoms. The van der Waals surface area contributed by atoms with E-state index in [1.165, 1.54) is 25.2 Å². The number of rotatable bonds is 5. The van der Waals surface area contributed by atoms with Crippen LogP contribution in [0.25, 0.3) is 5.76 Å². The van der Waals surface area contributed by atoms with Crippen molar-refractivity contribution in [2.75, 3.05) is 19.1 Å². The van der Waals surface area contributed by atoms with Gasteiger partial charge in [0.25, 0.3) is 11.7 Å². The van der Waals surface area contributed by atoms with Crippen LogP contribution in [-0.2, 0) is 14.3 Å². The minimum Gasteiger partial charge on any atom is -0.507 e. The van der Waals surface area contributed by atoms with Gasteiger partial charge in [-0.2, -0.15) is 0 Å². The zero-order valence-corrected chi connectivity index (χ0v) is 18.9. The monoisotopic (exact) mass is 457 g/mol. The number of carbonyl (C=O) groups excluding carboxylic acids is 3. The zero-order chi connectivity index (χ0) is 24.4. The molecule has 7 nitrogen and oxygen atoms in total. The molecule has 1 N–H and O–H groups in total. The molecule has 0 spiro atoms. The number of aryl methyl sites for hydroxylation is 1. The maximum atomic E-state index is 13.3. The van der Waals surface area contributed by atoms with Gasteiger partial charge in [-0.3, -0.25) is 14.5 Å². The Hall–Kier alpha value is -4.39. The molecule has 0 bridgehead atoms. The van der Waals surface area contributed by atoms with Crippen molar-refractivity contribution in [2.45, 2.75) is 13.0 Å². The molecule has 1 aliphatic heterocycles. The second-order valence-electron chi connectivity index (χ2n) is 7.85. The molecule has 0 radical (unpaired) electrons. The van der Waals surface area contributed by atoms with E-state index < -0.39 is 23.7 Å². The fraction of sp³-hybridized carbons (Fsp3) is 0.148. The van der Waals surface area contributed by atoms with Crippen molar-refractivity contribution < 1.29 is 29.0 Å². The van der Waals surface area contributed by atoms with Crippen molar-refractivity contribution in [3.8, 4) is 5.75 Å². The first-order valence-electron chi connectivity index (χ1n) is 10.6. The van der Waals surface area contributed by atoms with E-state index in [4.69, 9.17) is 9.47 Å². The lowest BCUT2D eigenvalue weighted by Gasteiger charge is -2.26. The first kappa shape index (κ1) is 22.8. The Balaban J connectivity index is 1.95. The summed E-state index contributed by atoms with van der Waals surface area (Å²) in [6.07, 6.45) is 0. The largest absolute Gasteiger partial charge is 0.507 e. The van der Waals surface area contributed by atoms with Crippen LogP contribution in [0.2, 0.25) is 0 Å². The van der Waals surface area contributed by atoms with E-state index in [1.54, 1.807) is 54.6 Å². The first-order chi connectivity index (χ1) is 16.3. The van der Waals surface area contributed by atoms with Crippen LogP contribution < -0.4 is 9.64 Å². The molecule has 4 rings (SSSR count). The van der Waals surface area contributed by atoms with Gasteiger partial charge in [-0.15, -0.1) is 0 Å². The summed E-state index contributed by atoms with van der Waals surface area (Å²) >= 11 is 0. The smallest absolute Gasteiger partial charge is 0.337 e. The number of amides is 1. The molecule has 3 aromatic carbocycles. The highest BCUT2D eigenvalue weighted by Crippen LogP contribution is 2.43. The molecule has 1 amide bonds. The molecule has 34 heavy (non-hydrogen) atoms. The van der Waals surface area contributed by atoms with Gasteiger partial charge in [0, 0.05) is 11.3 Å². The average molecular weight is 457 g/mol. The number of hydrogen-bond donors (Lipinski definition) is 1. The van der Waals surface area contributed by atoms with E-state index in [1.807, 2.05) is 19.1 Å². The minimum atomic E-state index is -0.940. The maximum Gasteiger partial charge on any atom is 0.337 e. The summed E-state index contributed by atoms with van der Waals surface area (Å²) in [6.45, 7) is 1.91. The molecule has 1 atom stereocenters. The Morgan fingerprint density at radius 2 is 1.62 bits per heavy atom. The van der Waals surface area contributed by atoms with Gasteiger partial charge in [0.15, 0.2) is 0 Å². The first-order valence-corrected chi connectivity index (χ1v) is 10.6. The third kappa shape index (κ3) is 4.03. The highest BCUT2D eigenvalue weighted by molar-refractivity contribution is 6.51. The topological polar surface area (TPSA) is 93.1 Å². The van der Waals surface area contributed by atoms with Crippen LogP contribution in [0, 0.1) is 6.92 Å². The third-order valence-corrected chi connectivity index (χ3v) is 5.72. The van der Waals surface area contributed by atoms with Gasteiger partial charge in [0.2, 0.25) is 0 Å². The summed E-state index contributed by atoms with van der Waals surface area (Å²) in [5.41, 5.74) is 2.47. The fourth-order valence-corrected chi connectivity index (χ4v) is 3.99. The van der Waals surface area contributed by atoms with E-state index in [0.29, 0.717) is 22.6 Å². The highest BCUT2D eigenvalue weighted by Gasteiger charge is 2.47. The Bertz CT molecular complexity index is 1310. The standard InChI is InChI=1S/C27H23NO6/c1-16-10-12-17(13-11-16)24(29)22-23(18-6-5-9-21(15-18)33-2)28(26(31)25(22)30)20-8-4-7-19(14-20)27(32)34-3/h4-15,23,29H,1-3H3/b24-22+. The number of anilines is 1. The lowest BCUT2D eigenvalue weighted by atomic mass is 9.94. The number of nitrogens with zero attached hydrogens (tertiary/aromatic N) is 1. The Kier molecular flexibility index (Phi) is 6.19. The van der Waals surface area contributed by atoms with Crippen LogP contribution >= 0.6 is 0 Å². The van der Waals surface area contributed by atoms with Crippen LogP contribution in [0.3, 0.4) is 0 Å². The predicted octanol–water partition coefficient (Wildman–Crippen LogP) is 4.42. The second-order valence-corrected chi connectivity index (χ2v) is 7.85. The van der Waals surface area contributed by atoms with E-state index in [-0.39, 0.29) is 16.9 Å². The van der Waals surface area contributed by atoms with Crippen LogP contribution in [0.4, 0.5) is 5.69 Å². The normalized spacial score (nSPS) is 17.0. The Morgan fingerprint density at radius 1 is 0.912 bits per heavy atom. The van der Waals surface area contributed by atoms with Crippen LogP contribution in [-0.4, -0.2) is 37.0 Å². The van der Waals surface area contributed by atoms with E-state index in [9.17, 15) is 19.5 Å². The van der Waals surface area contributed by atoms with Gasteiger partial charge in [0.1, 0.15) is 11.5 Å². The maximum absolute atomic E-state index is 13.3. The molecule has 0 aliphatic carbocycles. The van der Waals surface area contributed by atoms with Gasteiger partial charge in [0.05, 0.1) is 31.4 Å². The van der Waals surface area contributed by atoms with Crippen molar-refractivity contribution in [1.82, 2.24) is 0 Å². The molecule has 1 heterocycles. The van der Waals surface area contributed by atoms with Gasteiger partial charge in [-0.25, -0.2) is 4.79 Å². The minimum absolute atomic E-state index is 0.0504. The number of ether oxygens (including phenoxy) is 2. The van der Waals surface area contributed by atoms with Gasteiger partial charge in [-0.05, 0) is 42.8 Å². The van der Waals surface area contributed by atoms with Crippen LogP contribution in [0.15, 0.2) is 78.4 Å². The zero-order valence-electron chi connectivity index (χ0n) is 18.9. The van der Waals surface area contributed by atoms with Crippen molar-refractivity contribution in [3.05, 3.63) is 101 Å². The Labute approximate surface area is 196 Å². The molecule has 3 aromatic rings. The van der Waals surface area contributed by atoms with Crippen molar-refractivity contribution >= 4 is 29.1 Å². The summed E-state index contributed by atoms with van der Waals surface area (Å²) in [6, 6.07) is 19.3. The number of hydrogen-bond acceptors (Lipinski definition) is 6. The van der Waals surface area contributed by atoms with E-state index in [0.717, 1.165) is 5.56 Å². The fourth-order valence-electron chi connectivity index (χ4n) is 3.99. The molecule has 172 valence electrons. The van der Waals surface area contributed by atoms with E-state index in [2.05, 4.69) is 0 Å². The molecular formula is C27H23NO6. The number of esters is 1. The van der Waals surface area contributed by atoms with Crippen molar-refractivity contribution in [2.24, 2.45) is 0 Å². The molecule has 0 saturated carbocycles. The Morgan fingerprint density at radius 3 is 2.29 bits per heavy atom. The number of ketones is 1. The quantitative estimate of drug-likeness (QED) is 0.264. The van der Waals surface area contributed by atoms with Crippen molar-refractivity contribution in [3.63, 3.8) is 0 Å². The molecule has 0 aromatic heterocycles. The van der Waals surface area contributed by atoms with Crippen LogP contribution in [0.5, 0.6) is 5.75 Å².